The number of carbonyl (C=O) groups is 1. The highest BCUT2D eigenvalue weighted by Crippen LogP contribution is 2.31. The van der Waals surface area contributed by atoms with Gasteiger partial charge in [-0.2, -0.15) is 0 Å². The minimum Gasteiger partial charge on any atom is -0.467 e. The molecule has 0 radical (unpaired) electrons. The Morgan fingerprint density at radius 3 is 2.89 bits per heavy atom. The summed E-state index contributed by atoms with van der Waals surface area (Å²) in [5.74, 6) is -0.186. The van der Waals surface area contributed by atoms with Crippen molar-refractivity contribution in [2.24, 2.45) is 0 Å². The van der Waals surface area contributed by atoms with Gasteiger partial charge >= 0.3 is 5.97 Å². The zero-order chi connectivity index (χ0) is 12.5. The van der Waals surface area contributed by atoms with E-state index in [0.29, 0.717) is 0 Å². The lowest BCUT2D eigenvalue weighted by Gasteiger charge is -2.18. The van der Waals surface area contributed by atoms with Crippen molar-refractivity contribution in [2.75, 3.05) is 30.4 Å². The quantitative estimate of drug-likeness (QED) is 0.808. The zero-order valence-electron chi connectivity index (χ0n) is 10.6. The van der Waals surface area contributed by atoms with Crippen LogP contribution in [0, 0.1) is 0 Å². The molecule has 1 unspecified atom stereocenters. The number of benzene rings is 1. The van der Waals surface area contributed by atoms with Gasteiger partial charge in [-0.15, -0.1) is 0 Å². The maximum Gasteiger partial charge on any atom is 0.328 e. The maximum atomic E-state index is 11.5. The third kappa shape index (κ3) is 1.92. The molecule has 1 aromatic carbocycles. The molecule has 0 aromatic heterocycles. The Balaban J connectivity index is 1.80. The summed E-state index contributed by atoms with van der Waals surface area (Å²) >= 11 is 0. The number of hydrogen-bond donors (Lipinski definition) is 1. The van der Waals surface area contributed by atoms with Crippen LogP contribution in [0.3, 0.4) is 0 Å². The first-order valence-corrected chi connectivity index (χ1v) is 6.50. The van der Waals surface area contributed by atoms with Gasteiger partial charge in [-0.05, 0) is 30.5 Å². The molecule has 1 N–H and O–H groups in total. The van der Waals surface area contributed by atoms with Crippen LogP contribution in [0.25, 0.3) is 0 Å². The van der Waals surface area contributed by atoms with E-state index >= 15 is 0 Å². The van der Waals surface area contributed by atoms with Crippen LogP contribution in [-0.2, 0) is 16.0 Å². The Kier molecular flexibility index (Phi) is 2.86. The van der Waals surface area contributed by atoms with Crippen molar-refractivity contribution < 1.29 is 9.53 Å². The van der Waals surface area contributed by atoms with Crippen LogP contribution in [0.1, 0.15) is 18.4 Å². The molecule has 0 amide bonds. The second-order valence-electron chi connectivity index (χ2n) is 4.96. The molecule has 4 nitrogen and oxygen atoms in total. The summed E-state index contributed by atoms with van der Waals surface area (Å²) in [6, 6.07) is 6.22. The highest BCUT2D eigenvalue weighted by Gasteiger charge is 2.28. The largest absolute Gasteiger partial charge is 0.467 e. The summed E-state index contributed by atoms with van der Waals surface area (Å²) in [4.78, 5) is 13.9. The van der Waals surface area contributed by atoms with E-state index in [4.69, 9.17) is 4.74 Å². The lowest BCUT2D eigenvalue weighted by molar-refractivity contribution is -0.141. The van der Waals surface area contributed by atoms with Gasteiger partial charge in [0.05, 0.1) is 7.11 Å². The molecule has 96 valence electrons. The molecule has 0 spiro atoms. The minimum atomic E-state index is -0.223. The molecular weight excluding hydrogens is 228 g/mol. The Morgan fingerprint density at radius 1 is 1.39 bits per heavy atom. The average Bonchev–Trinajstić information content (AvgIpc) is 3.05. The van der Waals surface area contributed by atoms with Crippen molar-refractivity contribution in [1.82, 2.24) is 0 Å². The van der Waals surface area contributed by atoms with E-state index in [0.717, 1.165) is 25.2 Å². The second-order valence-corrected chi connectivity index (χ2v) is 4.96. The molecule has 2 aliphatic rings. The summed E-state index contributed by atoms with van der Waals surface area (Å²) in [7, 11) is 1.43. The van der Waals surface area contributed by atoms with Gasteiger partial charge in [0.15, 0.2) is 0 Å². The molecule has 3 rings (SSSR count). The molecular formula is C14H18N2O2. The highest BCUT2D eigenvalue weighted by molar-refractivity contribution is 5.83. The number of ether oxygens (including phenoxy) is 1. The fourth-order valence-corrected chi connectivity index (χ4v) is 2.79. The molecule has 0 bridgehead atoms. The first-order chi connectivity index (χ1) is 8.78. The lowest BCUT2D eigenvalue weighted by atomic mass is 10.1. The van der Waals surface area contributed by atoms with Gasteiger partial charge in [-0.3, -0.25) is 0 Å². The van der Waals surface area contributed by atoms with Gasteiger partial charge in [0.1, 0.15) is 6.04 Å². The van der Waals surface area contributed by atoms with Crippen LogP contribution in [0.2, 0.25) is 0 Å². The van der Waals surface area contributed by atoms with Crippen molar-refractivity contribution in [3.05, 3.63) is 23.8 Å². The Hall–Kier alpha value is -1.71. The number of esters is 1. The summed E-state index contributed by atoms with van der Waals surface area (Å²) in [6.45, 7) is 2.28. The van der Waals surface area contributed by atoms with Crippen LogP contribution in [0.4, 0.5) is 11.4 Å². The zero-order valence-corrected chi connectivity index (χ0v) is 10.6. The SMILES string of the molecule is COC(=O)C1Cc2ccc(N3CCCC3)cc2N1. The molecule has 18 heavy (non-hydrogen) atoms. The normalized spacial score (nSPS) is 21.6. The number of anilines is 2. The Morgan fingerprint density at radius 2 is 2.17 bits per heavy atom. The molecule has 2 aliphatic heterocycles. The molecule has 4 heteroatoms. The Bertz CT molecular complexity index is 467. The topological polar surface area (TPSA) is 41.6 Å². The number of fused-ring (bicyclic) bond motifs is 1. The van der Waals surface area contributed by atoms with Crippen molar-refractivity contribution in [3.63, 3.8) is 0 Å². The van der Waals surface area contributed by atoms with Crippen molar-refractivity contribution in [2.45, 2.75) is 25.3 Å². The standard InChI is InChI=1S/C14H18N2O2/c1-18-14(17)13-8-10-4-5-11(9-12(10)15-13)16-6-2-3-7-16/h4-5,9,13,15H,2-3,6-8H2,1H3. The minimum absolute atomic E-state index is 0.186. The summed E-state index contributed by atoms with van der Waals surface area (Å²) in [6.07, 6.45) is 3.27. The van der Waals surface area contributed by atoms with E-state index in [9.17, 15) is 4.79 Å². The van der Waals surface area contributed by atoms with Crippen molar-refractivity contribution >= 4 is 17.3 Å². The molecule has 0 saturated carbocycles. The van der Waals surface area contributed by atoms with Gasteiger partial charge in [-0.1, -0.05) is 6.07 Å². The third-order valence-corrected chi connectivity index (χ3v) is 3.80. The smallest absolute Gasteiger partial charge is 0.328 e. The molecule has 2 heterocycles. The second kappa shape index (κ2) is 4.52. The van der Waals surface area contributed by atoms with Crippen LogP contribution >= 0.6 is 0 Å². The van der Waals surface area contributed by atoms with Crippen LogP contribution < -0.4 is 10.2 Å². The number of carbonyl (C=O) groups excluding carboxylic acids is 1. The molecule has 0 aliphatic carbocycles. The van der Waals surface area contributed by atoms with Crippen LogP contribution in [0.15, 0.2) is 18.2 Å². The average molecular weight is 246 g/mol. The molecule has 1 saturated heterocycles. The maximum absolute atomic E-state index is 11.5. The number of nitrogens with zero attached hydrogens (tertiary/aromatic N) is 1. The molecule has 1 fully saturated rings. The lowest BCUT2D eigenvalue weighted by Crippen LogP contribution is -2.27. The Labute approximate surface area is 107 Å². The number of nitrogens with one attached hydrogen (secondary N) is 1. The highest BCUT2D eigenvalue weighted by atomic mass is 16.5. The predicted octanol–water partition coefficient (Wildman–Crippen LogP) is 1.80. The van der Waals surface area contributed by atoms with Crippen LogP contribution in [0.5, 0.6) is 0 Å². The molecule has 1 aromatic rings. The monoisotopic (exact) mass is 246 g/mol. The van der Waals surface area contributed by atoms with Crippen molar-refractivity contribution in [1.29, 1.82) is 0 Å². The number of rotatable bonds is 2. The fourth-order valence-electron chi connectivity index (χ4n) is 2.79. The van der Waals surface area contributed by atoms with Gasteiger partial charge in [0.2, 0.25) is 0 Å². The van der Waals surface area contributed by atoms with E-state index in [1.807, 2.05) is 0 Å². The predicted molar refractivity (Wildman–Crippen MR) is 71.0 cm³/mol. The summed E-state index contributed by atoms with van der Waals surface area (Å²) < 4.78 is 4.78. The van der Waals surface area contributed by atoms with Gasteiger partial charge in [0.25, 0.3) is 0 Å². The van der Waals surface area contributed by atoms with E-state index in [2.05, 4.69) is 28.4 Å². The van der Waals surface area contributed by atoms with E-state index in [1.54, 1.807) is 0 Å². The van der Waals surface area contributed by atoms with Crippen LogP contribution in [-0.4, -0.2) is 32.2 Å². The summed E-state index contributed by atoms with van der Waals surface area (Å²) in [5.41, 5.74) is 3.53. The fraction of sp³-hybridized carbons (Fsp3) is 0.500. The first kappa shape index (κ1) is 11.4. The van der Waals surface area contributed by atoms with Gasteiger partial charge in [0, 0.05) is 30.9 Å². The van der Waals surface area contributed by atoms with E-state index in [-0.39, 0.29) is 12.0 Å². The first-order valence-electron chi connectivity index (χ1n) is 6.50. The van der Waals surface area contributed by atoms with E-state index < -0.39 is 0 Å². The third-order valence-electron chi connectivity index (χ3n) is 3.80. The van der Waals surface area contributed by atoms with Crippen molar-refractivity contribution in [3.8, 4) is 0 Å². The number of methoxy groups -OCH3 is 1. The summed E-state index contributed by atoms with van der Waals surface area (Å²) in [5, 5.41) is 3.25. The number of hydrogen-bond acceptors (Lipinski definition) is 4. The van der Waals surface area contributed by atoms with Gasteiger partial charge < -0.3 is 15.0 Å². The van der Waals surface area contributed by atoms with E-state index in [1.165, 1.54) is 31.2 Å². The van der Waals surface area contributed by atoms with Gasteiger partial charge in [-0.25, -0.2) is 4.79 Å². The molecule has 1 atom stereocenters.